The third kappa shape index (κ3) is 5.41. The Morgan fingerprint density at radius 2 is 1.82 bits per heavy atom. The van der Waals surface area contributed by atoms with E-state index in [-0.39, 0.29) is 11.8 Å². The average molecular weight is 446 g/mol. The number of aromatic nitrogens is 1. The summed E-state index contributed by atoms with van der Waals surface area (Å²) in [6, 6.07) is 18.5. The molecule has 0 aliphatic carbocycles. The summed E-state index contributed by atoms with van der Waals surface area (Å²) in [4.78, 5) is 22.4. The molecule has 33 heavy (non-hydrogen) atoms. The second-order valence-corrected chi connectivity index (χ2v) is 8.97. The number of hydrogen-bond acceptors (Lipinski definition) is 5. The maximum atomic E-state index is 13.6. The number of amides is 1. The lowest BCUT2D eigenvalue weighted by Crippen LogP contribution is -2.38. The molecule has 1 amide bonds. The smallest absolute Gasteiger partial charge is 0.254 e. The van der Waals surface area contributed by atoms with E-state index in [0.29, 0.717) is 26.3 Å². The first-order valence-electron chi connectivity index (χ1n) is 11.8. The van der Waals surface area contributed by atoms with Gasteiger partial charge in [0.05, 0.1) is 31.9 Å². The highest BCUT2D eigenvalue weighted by molar-refractivity contribution is 5.95. The van der Waals surface area contributed by atoms with Gasteiger partial charge >= 0.3 is 0 Å². The van der Waals surface area contributed by atoms with Crippen LogP contribution in [0.3, 0.4) is 0 Å². The van der Waals surface area contributed by atoms with Crippen LogP contribution in [0.25, 0.3) is 10.9 Å². The fourth-order valence-corrected chi connectivity index (χ4v) is 4.81. The van der Waals surface area contributed by atoms with Crippen molar-refractivity contribution in [2.24, 2.45) is 5.92 Å². The largest absolute Gasteiger partial charge is 0.379 e. The van der Waals surface area contributed by atoms with Crippen LogP contribution in [-0.2, 0) is 22.4 Å². The van der Waals surface area contributed by atoms with Crippen LogP contribution in [0.5, 0.6) is 0 Å². The highest BCUT2D eigenvalue weighted by Crippen LogP contribution is 2.21. The first-order chi connectivity index (χ1) is 16.3. The third-order valence-corrected chi connectivity index (χ3v) is 6.56. The Kier molecular flexibility index (Phi) is 6.95. The molecule has 0 N–H and O–H groups in total. The van der Waals surface area contributed by atoms with Crippen LogP contribution in [0, 0.1) is 5.92 Å². The van der Waals surface area contributed by atoms with Crippen LogP contribution in [0.2, 0.25) is 0 Å². The van der Waals surface area contributed by atoms with Crippen molar-refractivity contribution in [1.82, 2.24) is 14.8 Å². The summed E-state index contributed by atoms with van der Waals surface area (Å²) in [6.07, 6.45) is 2.70. The number of carbonyl (C=O) groups excluding carboxylic acids is 1. The number of rotatable bonds is 5. The van der Waals surface area contributed by atoms with E-state index in [1.54, 1.807) is 0 Å². The predicted octanol–water partition coefficient (Wildman–Crippen LogP) is 3.40. The molecule has 3 heterocycles. The van der Waals surface area contributed by atoms with Crippen LogP contribution in [-0.4, -0.2) is 73.3 Å². The van der Waals surface area contributed by atoms with Crippen LogP contribution < -0.4 is 0 Å². The van der Waals surface area contributed by atoms with E-state index in [4.69, 9.17) is 9.47 Å². The van der Waals surface area contributed by atoms with Crippen LogP contribution in [0.15, 0.2) is 60.8 Å². The summed E-state index contributed by atoms with van der Waals surface area (Å²) in [5, 5.41) is 1.15. The van der Waals surface area contributed by atoms with Crippen molar-refractivity contribution < 1.29 is 14.3 Å². The fraction of sp³-hybridized carbons (Fsp3) is 0.407. The van der Waals surface area contributed by atoms with Gasteiger partial charge in [-0.3, -0.25) is 14.7 Å². The number of hydrogen-bond donors (Lipinski definition) is 0. The number of benzene rings is 2. The molecule has 3 aromatic rings. The van der Waals surface area contributed by atoms with E-state index >= 15 is 0 Å². The van der Waals surface area contributed by atoms with Gasteiger partial charge in [0.2, 0.25) is 0 Å². The quantitative estimate of drug-likeness (QED) is 0.603. The number of ether oxygens (including phenoxy) is 2. The predicted molar refractivity (Wildman–Crippen MR) is 128 cm³/mol. The molecule has 172 valence electrons. The molecular weight excluding hydrogens is 414 g/mol. The standard InChI is InChI=1S/C27H31N3O3/c31-27(25-6-2-1-4-24(25)19-29-10-13-32-14-11-29)30-12-15-33-20-22(18-30)16-21-7-8-26-23(17-21)5-3-9-28-26/h1-9,17,22H,10-16,18-20H2. The van der Waals surface area contributed by atoms with E-state index < -0.39 is 0 Å². The minimum absolute atomic E-state index is 0.108. The molecule has 1 atom stereocenters. The van der Waals surface area contributed by atoms with Gasteiger partial charge in [-0.15, -0.1) is 0 Å². The SMILES string of the molecule is O=C(c1ccccc1CN1CCOCC1)N1CCOCC(Cc2ccc3ncccc3c2)C1. The summed E-state index contributed by atoms with van der Waals surface area (Å²) in [5.41, 5.74) is 4.16. The van der Waals surface area contributed by atoms with Crippen molar-refractivity contribution in [3.8, 4) is 0 Å². The number of fused-ring (bicyclic) bond motifs is 1. The molecule has 0 saturated carbocycles. The molecule has 2 fully saturated rings. The molecule has 2 saturated heterocycles. The maximum Gasteiger partial charge on any atom is 0.254 e. The molecule has 2 aliphatic rings. The number of nitrogens with zero attached hydrogens (tertiary/aromatic N) is 3. The Hall–Kier alpha value is -2.80. The highest BCUT2D eigenvalue weighted by Gasteiger charge is 2.25. The molecule has 0 radical (unpaired) electrons. The molecular formula is C27H31N3O3. The van der Waals surface area contributed by atoms with E-state index in [9.17, 15) is 4.79 Å². The topological polar surface area (TPSA) is 54.9 Å². The first-order valence-corrected chi connectivity index (χ1v) is 11.8. The van der Waals surface area contributed by atoms with Gasteiger partial charge in [-0.05, 0) is 41.8 Å². The number of pyridine rings is 1. The fourth-order valence-electron chi connectivity index (χ4n) is 4.81. The highest BCUT2D eigenvalue weighted by atomic mass is 16.5. The molecule has 6 nitrogen and oxygen atoms in total. The molecule has 2 aliphatic heterocycles. The second kappa shape index (κ2) is 10.4. The maximum absolute atomic E-state index is 13.6. The number of carbonyl (C=O) groups is 1. The van der Waals surface area contributed by atoms with Gasteiger partial charge in [-0.25, -0.2) is 0 Å². The van der Waals surface area contributed by atoms with E-state index in [1.807, 2.05) is 35.4 Å². The molecule has 0 spiro atoms. The van der Waals surface area contributed by atoms with Gasteiger partial charge in [0.15, 0.2) is 0 Å². The van der Waals surface area contributed by atoms with Crippen molar-refractivity contribution in [2.75, 3.05) is 52.6 Å². The molecule has 2 aromatic carbocycles. The van der Waals surface area contributed by atoms with Crippen molar-refractivity contribution in [1.29, 1.82) is 0 Å². The lowest BCUT2D eigenvalue weighted by Gasteiger charge is -2.28. The van der Waals surface area contributed by atoms with Gasteiger partial charge in [0, 0.05) is 55.8 Å². The number of morpholine rings is 1. The summed E-state index contributed by atoms with van der Waals surface area (Å²) < 4.78 is 11.4. The van der Waals surface area contributed by atoms with Crippen molar-refractivity contribution in [3.05, 3.63) is 77.5 Å². The molecule has 1 unspecified atom stereocenters. The minimum Gasteiger partial charge on any atom is -0.379 e. The van der Waals surface area contributed by atoms with Crippen LogP contribution >= 0.6 is 0 Å². The zero-order chi connectivity index (χ0) is 22.5. The monoisotopic (exact) mass is 445 g/mol. The Morgan fingerprint density at radius 3 is 2.73 bits per heavy atom. The Morgan fingerprint density at radius 1 is 0.970 bits per heavy atom. The van der Waals surface area contributed by atoms with E-state index in [0.717, 1.165) is 61.3 Å². The van der Waals surface area contributed by atoms with Gasteiger partial charge in [0.1, 0.15) is 0 Å². The van der Waals surface area contributed by atoms with Gasteiger partial charge in [0.25, 0.3) is 5.91 Å². The Labute approximate surface area is 195 Å². The molecule has 1 aromatic heterocycles. The zero-order valence-electron chi connectivity index (χ0n) is 19.0. The van der Waals surface area contributed by atoms with Gasteiger partial charge in [-0.2, -0.15) is 0 Å². The van der Waals surface area contributed by atoms with Crippen LogP contribution in [0.1, 0.15) is 21.5 Å². The summed E-state index contributed by atoms with van der Waals surface area (Å²) in [5.74, 6) is 0.369. The van der Waals surface area contributed by atoms with E-state index in [1.165, 1.54) is 5.56 Å². The van der Waals surface area contributed by atoms with Crippen molar-refractivity contribution in [2.45, 2.75) is 13.0 Å². The van der Waals surface area contributed by atoms with Crippen LogP contribution in [0.4, 0.5) is 0 Å². The summed E-state index contributed by atoms with van der Waals surface area (Å²) in [6.45, 7) is 6.69. The third-order valence-electron chi connectivity index (χ3n) is 6.56. The Balaban J connectivity index is 1.30. The van der Waals surface area contributed by atoms with Gasteiger partial charge < -0.3 is 14.4 Å². The molecule has 0 bridgehead atoms. The zero-order valence-corrected chi connectivity index (χ0v) is 19.0. The van der Waals surface area contributed by atoms with Gasteiger partial charge in [-0.1, -0.05) is 30.3 Å². The lowest BCUT2D eigenvalue weighted by molar-refractivity contribution is 0.0339. The molecule has 6 heteroatoms. The first kappa shape index (κ1) is 22.0. The second-order valence-electron chi connectivity index (χ2n) is 8.97. The van der Waals surface area contributed by atoms with E-state index in [2.05, 4.69) is 40.2 Å². The molecule has 5 rings (SSSR count). The summed E-state index contributed by atoms with van der Waals surface area (Å²) in [7, 11) is 0. The minimum atomic E-state index is 0.108. The lowest BCUT2D eigenvalue weighted by atomic mass is 9.97. The van der Waals surface area contributed by atoms with Crippen molar-refractivity contribution in [3.63, 3.8) is 0 Å². The summed E-state index contributed by atoms with van der Waals surface area (Å²) >= 11 is 0. The normalized spacial score (nSPS) is 20.0. The average Bonchev–Trinajstić information content (AvgIpc) is 3.10. The Bertz CT molecular complexity index is 1100. The van der Waals surface area contributed by atoms with Crippen molar-refractivity contribution >= 4 is 16.8 Å².